The van der Waals surface area contributed by atoms with Crippen LogP contribution in [0, 0.1) is 11.8 Å². The highest BCUT2D eigenvalue weighted by Gasteiger charge is 2.29. The van der Waals surface area contributed by atoms with Crippen molar-refractivity contribution >= 4 is 0 Å². The summed E-state index contributed by atoms with van der Waals surface area (Å²) in [5.41, 5.74) is 0. The summed E-state index contributed by atoms with van der Waals surface area (Å²) < 4.78 is 0. The second-order valence-electron chi connectivity index (χ2n) is 6.49. The molecule has 1 unspecified atom stereocenters. The van der Waals surface area contributed by atoms with Gasteiger partial charge in [-0.3, -0.25) is 0 Å². The van der Waals surface area contributed by atoms with E-state index in [2.05, 4.69) is 10.2 Å². The Hall–Kier alpha value is -0.0800. The quantitative estimate of drug-likeness (QED) is 0.807. The molecule has 2 saturated carbocycles. The predicted molar refractivity (Wildman–Crippen MR) is 72.1 cm³/mol. The fraction of sp³-hybridized carbons (Fsp3) is 1.00. The van der Waals surface area contributed by atoms with Gasteiger partial charge in [-0.05, 0) is 37.6 Å². The summed E-state index contributed by atoms with van der Waals surface area (Å²) in [6.07, 6.45) is 11.9. The van der Waals surface area contributed by atoms with E-state index in [4.69, 9.17) is 0 Å². The van der Waals surface area contributed by atoms with Crippen LogP contribution in [0.3, 0.4) is 0 Å². The first-order chi connectivity index (χ1) is 8.42. The molecule has 0 aromatic heterocycles. The molecule has 0 radical (unpaired) electrons. The van der Waals surface area contributed by atoms with Gasteiger partial charge in [-0.15, -0.1) is 0 Å². The first-order valence-corrected chi connectivity index (χ1v) is 7.87. The molecule has 3 fully saturated rings. The first-order valence-electron chi connectivity index (χ1n) is 7.87. The maximum absolute atomic E-state index is 3.78. The van der Waals surface area contributed by atoms with Gasteiger partial charge in [0.05, 0.1) is 0 Å². The Balaban J connectivity index is 1.44. The SMILES string of the molecule is C1CCC(C2CN(CCC3CC3)CCN2)CC1. The van der Waals surface area contributed by atoms with Crippen LogP contribution < -0.4 is 5.32 Å². The molecule has 2 nitrogen and oxygen atoms in total. The second kappa shape index (κ2) is 5.71. The monoisotopic (exact) mass is 236 g/mol. The first kappa shape index (κ1) is 12.0. The van der Waals surface area contributed by atoms with Crippen molar-refractivity contribution in [1.82, 2.24) is 10.2 Å². The summed E-state index contributed by atoms with van der Waals surface area (Å²) in [4.78, 5) is 2.73. The average Bonchev–Trinajstić information content (AvgIpc) is 3.22. The Bertz CT molecular complexity index is 231. The number of nitrogens with one attached hydrogen (secondary N) is 1. The fourth-order valence-electron chi connectivity index (χ4n) is 3.67. The molecule has 1 aliphatic heterocycles. The Kier molecular flexibility index (Phi) is 4.02. The summed E-state index contributed by atoms with van der Waals surface area (Å²) >= 11 is 0. The molecule has 2 aliphatic carbocycles. The molecule has 98 valence electrons. The van der Waals surface area contributed by atoms with E-state index in [1.54, 1.807) is 0 Å². The number of piperazine rings is 1. The van der Waals surface area contributed by atoms with Crippen LogP contribution >= 0.6 is 0 Å². The highest BCUT2D eigenvalue weighted by Crippen LogP contribution is 2.33. The number of hydrogen-bond donors (Lipinski definition) is 1. The summed E-state index contributed by atoms with van der Waals surface area (Å²) in [6.45, 7) is 5.22. The summed E-state index contributed by atoms with van der Waals surface area (Å²) in [7, 11) is 0. The van der Waals surface area contributed by atoms with E-state index < -0.39 is 0 Å². The highest BCUT2D eigenvalue weighted by molar-refractivity contribution is 4.86. The van der Waals surface area contributed by atoms with Gasteiger partial charge in [0, 0.05) is 25.7 Å². The van der Waals surface area contributed by atoms with Gasteiger partial charge < -0.3 is 10.2 Å². The standard InChI is InChI=1S/C15H28N2/c1-2-4-14(5-3-1)15-12-17(11-9-16-15)10-8-13-6-7-13/h13-16H,1-12H2. The van der Waals surface area contributed by atoms with E-state index >= 15 is 0 Å². The zero-order valence-electron chi connectivity index (χ0n) is 11.2. The molecular weight excluding hydrogens is 208 g/mol. The molecule has 3 rings (SSSR count). The van der Waals surface area contributed by atoms with Crippen molar-refractivity contribution in [3.63, 3.8) is 0 Å². The third kappa shape index (κ3) is 3.45. The summed E-state index contributed by atoms with van der Waals surface area (Å²) in [5.74, 6) is 2.07. The molecule has 1 saturated heterocycles. The van der Waals surface area contributed by atoms with Crippen LogP contribution in [0.5, 0.6) is 0 Å². The molecule has 0 bridgehead atoms. The molecular formula is C15H28N2. The van der Waals surface area contributed by atoms with Crippen LogP contribution in [0.1, 0.15) is 51.4 Å². The predicted octanol–water partition coefficient (Wildman–Crippen LogP) is 2.64. The zero-order valence-corrected chi connectivity index (χ0v) is 11.2. The zero-order chi connectivity index (χ0) is 11.5. The topological polar surface area (TPSA) is 15.3 Å². The Morgan fingerprint density at radius 3 is 2.59 bits per heavy atom. The molecule has 1 N–H and O–H groups in total. The molecule has 3 aliphatic rings. The van der Waals surface area contributed by atoms with Crippen molar-refractivity contribution in [2.45, 2.75) is 57.4 Å². The largest absolute Gasteiger partial charge is 0.311 e. The van der Waals surface area contributed by atoms with Gasteiger partial charge in [0.15, 0.2) is 0 Å². The number of rotatable bonds is 4. The fourth-order valence-corrected chi connectivity index (χ4v) is 3.67. The summed E-state index contributed by atoms with van der Waals surface area (Å²) in [5, 5.41) is 3.78. The maximum atomic E-state index is 3.78. The van der Waals surface area contributed by atoms with Gasteiger partial charge in [0.2, 0.25) is 0 Å². The Labute approximate surface area is 106 Å². The van der Waals surface area contributed by atoms with Crippen molar-refractivity contribution in [1.29, 1.82) is 0 Å². The molecule has 1 heterocycles. The van der Waals surface area contributed by atoms with Gasteiger partial charge in [-0.2, -0.15) is 0 Å². The normalized spacial score (nSPS) is 32.8. The van der Waals surface area contributed by atoms with Gasteiger partial charge in [0.25, 0.3) is 0 Å². The van der Waals surface area contributed by atoms with E-state index in [0.717, 1.165) is 17.9 Å². The van der Waals surface area contributed by atoms with Crippen LogP contribution in [-0.2, 0) is 0 Å². The lowest BCUT2D eigenvalue weighted by Crippen LogP contribution is -2.54. The van der Waals surface area contributed by atoms with E-state index in [0.29, 0.717) is 0 Å². The highest BCUT2D eigenvalue weighted by atomic mass is 15.2. The minimum atomic E-state index is 0.809. The molecule has 1 atom stereocenters. The third-order valence-corrected chi connectivity index (χ3v) is 5.06. The van der Waals surface area contributed by atoms with Crippen molar-refractivity contribution in [3.05, 3.63) is 0 Å². The molecule has 2 heteroatoms. The van der Waals surface area contributed by atoms with Gasteiger partial charge in [-0.1, -0.05) is 32.1 Å². The minimum absolute atomic E-state index is 0.809. The van der Waals surface area contributed by atoms with Crippen LogP contribution in [0.25, 0.3) is 0 Å². The molecule has 0 aromatic rings. The number of hydrogen-bond acceptors (Lipinski definition) is 2. The Morgan fingerprint density at radius 1 is 1.00 bits per heavy atom. The van der Waals surface area contributed by atoms with Crippen LogP contribution in [0.2, 0.25) is 0 Å². The molecule has 17 heavy (non-hydrogen) atoms. The second-order valence-corrected chi connectivity index (χ2v) is 6.49. The van der Waals surface area contributed by atoms with Crippen molar-refractivity contribution in [2.24, 2.45) is 11.8 Å². The minimum Gasteiger partial charge on any atom is -0.311 e. The summed E-state index contributed by atoms with van der Waals surface area (Å²) in [6, 6.07) is 0.809. The molecule has 0 spiro atoms. The van der Waals surface area contributed by atoms with Gasteiger partial charge in [0.1, 0.15) is 0 Å². The Morgan fingerprint density at radius 2 is 1.82 bits per heavy atom. The van der Waals surface area contributed by atoms with Crippen LogP contribution in [0.15, 0.2) is 0 Å². The van der Waals surface area contributed by atoms with E-state index in [9.17, 15) is 0 Å². The average molecular weight is 236 g/mol. The van der Waals surface area contributed by atoms with E-state index in [1.165, 1.54) is 77.5 Å². The maximum Gasteiger partial charge on any atom is 0.0223 e. The van der Waals surface area contributed by atoms with Gasteiger partial charge in [-0.25, -0.2) is 0 Å². The lowest BCUT2D eigenvalue weighted by atomic mass is 9.83. The van der Waals surface area contributed by atoms with Crippen molar-refractivity contribution < 1.29 is 0 Å². The number of nitrogens with zero attached hydrogens (tertiary/aromatic N) is 1. The van der Waals surface area contributed by atoms with Crippen molar-refractivity contribution in [3.8, 4) is 0 Å². The molecule has 0 aromatic carbocycles. The van der Waals surface area contributed by atoms with E-state index in [1.807, 2.05) is 0 Å². The van der Waals surface area contributed by atoms with Crippen LogP contribution in [0.4, 0.5) is 0 Å². The third-order valence-electron chi connectivity index (χ3n) is 5.06. The van der Waals surface area contributed by atoms with Gasteiger partial charge >= 0.3 is 0 Å². The molecule has 0 amide bonds. The lowest BCUT2D eigenvalue weighted by molar-refractivity contribution is 0.143. The van der Waals surface area contributed by atoms with Crippen molar-refractivity contribution in [2.75, 3.05) is 26.2 Å². The van der Waals surface area contributed by atoms with E-state index in [-0.39, 0.29) is 0 Å². The van der Waals surface area contributed by atoms with Crippen LogP contribution in [-0.4, -0.2) is 37.1 Å². The lowest BCUT2D eigenvalue weighted by Gasteiger charge is -2.39. The smallest absolute Gasteiger partial charge is 0.0223 e.